The third kappa shape index (κ3) is 2.27. The number of aliphatic hydroxyl groups is 1. The monoisotopic (exact) mass is 274 g/mol. The second-order valence-electron chi connectivity index (χ2n) is 4.92. The van der Waals surface area contributed by atoms with E-state index in [9.17, 15) is 15.2 Å². The molecule has 1 heterocycles. The maximum Gasteiger partial charge on any atom is 0.269 e. The van der Waals surface area contributed by atoms with Gasteiger partial charge in [-0.3, -0.25) is 10.1 Å². The maximum atomic E-state index is 10.6. The van der Waals surface area contributed by atoms with Gasteiger partial charge in [-0.1, -0.05) is 0 Å². The van der Waals surface area contributed by atoms with Gasteiger partial charge in [0.05, 0.1) is 17.1 Å². The van der Waals surface area contributed by atoms with Gasteiger partial charge in [0.25, 0.3) is 5.69 Å². The highest BCUT2D eigenvalue weighted by atomic mass is 16.6. The number of nitrogens with zero attached hydrogens (tertiary/aromatic N) is 4. The van der Waals surface area contributed by atoms with Crippen molar-refractivity contribution in [1.82, 2.24) is 14.8 Å². The summed E-state index contributed by atoms with van der Waals surface area (Å²) in [5.74, 6) is 0.513. The highest BCUT2D eigenvalue weighted by molar-refractivity contribution is 5.56. The quantitative estimate of drug-likeness (QED) is 0.681. The third-order valence-corrected chi connectivity index (χ3v) is 3.63. The number of hydrogen-bond donors (Lipinski definition) is 1. The number of rotatable bonds is 3. The van der Waals surface area contributed by atoms with E-state index in [-0.39, 0.29) is 17.8 Å². The molecule has 0 saturated heterocycles. The lowest BCUT2D eigenvalue weighted by atomic mass is 10.2. The van der Waals surface area contributed by atoms with Crippen LogP contribution in [0, 0.1) is 10.1 Å². The van der Waals surface area contributed by atoms with Crippen LogP contribution in [-0.4, -0.2) is 30.9 Å². The first-order valence-electron chi connectivity index (χ1n) is 6.49. The molecule has 0 spiro atoms. The van der Waals surface area contributed by atoms with E-state index in [4.69, 9.17) is 0 Å². The molecule has 7 nitrogen and oxygen atoms in total. The summed E-state index contributed by atoms with van der Waals surface area (Å²) in [6, 6.07) is 6.10. The van der Waals surface area contributed by atoms with Crippen molar-refractivity contribution in [2.75, 3.05) is 0 Å². The number of non-ortho nitro benzene ring substituents is 1. The predicted molar refractivity (Wildman–Crippen MR) is 71.0 cm³/mol. The standard InChI is InChI=1S/C13H14N4O3/c18-12-3-1-2-11(12)16-8-14-13(15-16)9-4-6-10(7-5-9)17(19)20/h4-8,11-12,18H,1-3H2. The van der Waals surface area contributed by atoms with Crippen molar-refractivity contribution in [3.63, 3.8) is 0 Å². The van der Waals surface area contributed by atoms with Crippen molar-refractivity contribution >= 4 is 5.69 Å². The lowest BCUT2D eigenvalue weighted by molar-refractivity contribution is -0.384. The van der Waals surface area contributed by atoms with E-state index < -0.39 is 4.92 Å². The molecule has 1 N–H and O–H groups in total. The molecule has 1 aliphatic carbocycles. The Hall–Kier alpha value is -2.28. The molecule has 3 rings (SSSR count). The lowest BCUT2D eigenvalue weighted by Gasteiger charge is -2.13. The number of hydrogen-bond acceptors (Lipinski definition) is 5. The van der Waals surface area contributed by atoms with Gasteiger partial charge in [-0.15, -0.1) is 0 Å². The highest BCUT2D eigenvalue weighted by Crippen LogP contribution is 2.30. The molecule has 7 heteroatoms. The fourth-order valence-electron chi connectivity index (χ4n) is 2.53. The molecule has 2 atom stereocenters. The van der Waals surface area contributed by atoms with Crippen LogP contribution in [0.5, 0.6) is 0 Å². The fraction of sp³-hybridized carbons (Fsp3) is 0.385. The van der Waals surface area contributed by atoms with E-state index in [1.165, 1.54) is 12.1 Å². The summed E-state index contributed by atoms with van der Waals surface area (Å²) < 4.78 is 1.69. The minimum atomic E-state index is -0.440. The Labute approximate surface area is 115 Å². The molecule has 1 aromatic carbocycles. The Morgan fingerprint density at radius 3 is 2.65 bits per heavy atom. The van der Waals surface area contributed by atoms with E-state index in [0.717, 1.165) is 24.8 Å². The summed E-state index contributed by atoms with van der Waals surface area (Å²) in [5.41, 5.74) is 0.765. The molecule has 1 aliphatic rings. The van der Waals surface area contributed by atoms with Crippen LogP contribution in [0.15, 0.2) is 30.6 Å². The van der Waals surface area contributed by atoms with Crippen LogP contribution in [0.4, 0.5) is 5.69 Å². The van der Waals surface area contributed by atoms with Gasteiger partial charge in [-0.2, -0.15) is 5.10 Å². The molecule has 0 aliphatic heterocycles. The Morgan fingerprint density at radius 1 is 1.30 bits per heavy atom. The highest BCUT2D eigenvalue weighted by Gasteiger charge is 2.27. The smallest absolute Gasteiger partial charge is 0.269 e. The van der Waals surface area contributed by atoms with E-state index >= 15 is 0 Å². The van der Waals surface area contributed by atoms with Crippen LogP contribution in [0.2, 0.25) is 0 Å². The number of nitro groups is 1. The van der Waals surface area contributed by atoms with Crippen LogP contribution in [0.3, 0.4) is 0 Å². The van der Waals surface area contributed by atoms with Crippen molar-refractivity contribution in [1.29, 1.82) is 0 Å². The molecule has 1 saturated carbocycles. The van der Waals surface area contributed by atoms with E-state index in [2.05, 4.69) is 10.1 Å². The first-order chi connectivity index (χ1) is 9.65. The van der Waals surface area contributed by atoms with E-state index in [1.54, 1.807) is 23.1 Å². The topological polar surface area (TPSA) is 94.1 Å². The SMILES string of the molecule is O=[N+]([O-])c1ccc(-c2ncn(C3CCCC3O)n2)cc1. The Morgan fingerprint density at radius 2 is 2.05 bits per heavy atom. The number of benzene rings is 1. The van der Waals surface area contributed by atoms with Crippen LogP contribution < -0.4 is 0 Å². The van der Waals surface area contributed by atoms with Crippen LogP contribution in [0.1, 0.15) is 25.3 Å². The van der Waals surface area contributed by atoms with Gasteiger partial charge in [-0.05, 0) is 31.4 Å². The van der Waals surface area contributed by atoms with Gasteiger partial charge in [-0.25, -0.2) is 9.67 Å². The summed E-state index contributed by atoms with van der Waals surface area (Å²) in [6.45, 7) is 0. The molecule has 0 radical (unpaired) electrons. The molecule has 2 unspecified atom stereocenters. The van der Waals surface area contributed by atoms with Crippen molar-refractivity contribution in [3.05, 3.63) is 40.7 Å². The molecule has 2 aromatic rings. The summed E-state index contributed by atoms with van der Waals surface area (Å²) in [6.07, 6.45) is 3.90. The third-order valence-electron chi connectivity index (χ3n) is 3.63. The number of aliphatic hydroxyl groups excluding tert-OH is 1. The van der Waals surface area contributed by atoms with E-state index in [1.807, 2.05) is 0 Å². The Balaban J connectivity index is 1.84. The van der Waals surface area contributed by atoms with Crippen molar-refractivity contribution in [2.45, 2.75) is 31.4 Å². The first kappa shape index (κ1) is 12.7. The second kappa shape index (κ2) is 5.01. The molecule has 104 valence electrons. The Bertz CT molecular complexity index is 623. The molecule has 1 aromatic heterocycles. The van der Waals surface area contributed by atoms with Gasteiger partial charge in [0.1, 0.15) is 6.33 Å². The molecular formula is C13H14N4O3. The number of aromatic nitrogens is 3. The van der Waals surface area contributed by atoms with Crippen molar-refractivity contribution in [2.24, 2.45) is 0 Å². The summed E-state index contributed by atoms with van der Waals surface area (Å²) >= 11 is 0. The summed E-state index contributed by atoms with van der Waals surface area (Å²) in [7, 11) is 0. The van der Waals surface area contributed by atoms with Crippen LogP contribution in [0.25, 0.3) is 11.4 Å². The van der Waals surface area contributed by atoms with Gasteiger partial charge in [0, 0.05) is 17.7 Å². The average Bonchev–Trinajstić information content (AvgIpc) is 3.07. The minimum absolute atomic E-state index is 0.0192. The van der Waals surface area contributed by atoms with Crippen LogP contribution >= 0.6 is 0 Å². The van der Waals surface area contributed by atoms with E-state index in [0.29, 0.717) is 5.82 Å². The average molecular weight is 274 g/mol. The van der Waals surface area contributed by atoms with Gasteiger partial charge in [0.2, 0.25) is 0 Å². The van der Waals surface area contributed by atoms with Crippen molar-refractivity contribution < 1.29 is 10.0 Å². The second-order valence-corrected chi connectivity index (χ2v) is 4.92. The zero-order chi connectivity index (χ0) is 14.1. The van der Waals surface area contributed by atoms with Crippen molar-refractivity contribution in [3.8, 4) is 11.4 Å². The molecule has 1 fully saturated rings. The van der Waals surface area contributed by atoms with Gasteiger partial charge >= 0.3 is 0 Å². The summed E-state index contributed by atoms with van der Waals surface area (Å²) in [5, 5.41) is 24.8. The van der Waals surface area contributed by atoms with Gasteiger partial charge in [0.15, 0.2) is 5.82 Å². The zero-order valence-corrected chi connectivity index (χ0v) is 10.7. The first-order valence-corrected chi connectivity index (χ1v) is 6.49. The lowest BCUT2D eigenvalue weighted by Crippen LogP contribution is -2.18. The largest absolute Gasteiger partial charge is 0.391 e. The van der Waals surface area contributed by atoms with Gasteiger partial charge < -0.3 is 5.11 Å². The Kier molecular flexibility index (Phi) is 3.19. The predicted octanol–water partition coefficient (Wildman–Crippen LogP) is 1.94. The number of nitro benzene ring substituents is 1. The molecular weight excluding hydrogens is 260 g/mol. The maximum absolute atomic E-state index is 10.6. The zero-order valence-electron chi connectivity index (χ0n) is 10.7. The summed E-state index contributed by atoms with van der Waals surface area (Å²) in [4.78, 5) is 14.4. The molecule has 0 bridgehead atoms. The minimum Gasteiger partial charge on any atom is -0.391 e. The fourth-order valence-corrected chi connectivity index (χ4v) is 2.53. The molecule has 20 heavy (non-hydrogen) atoms. The normalized spacial score (nSPS) is 22.1. The molecule has 0 amide bonds. The van der Waals surface area contributed by atoms with Crippen LogP contribution in [-0.2, 0) is 0 Å².